The van der Waals surface area contributed by atoms with E-state index >= 15 is 0 Å². The minimum absolute atomic E-state index is 0.504. The molecule has 0 saturated heterocycles. The summed E-state index contributed by atoms with van der Waals surface area (Å²) < 4.78 is 0. The molecule has 0 radical (unpaired) electrons. The lowest BCUT2D eigenvalue weighted by Gasteiger charge is -2.19. The molecule has 0 aromatic heterocycles. The Morgan fingerprint density at radius 3 is 2.47 bits per heavy atom. The van der Waals surface area contributed by atoms with Crippen LogP contribution in [0.4, 0.5) is 0 Å². The van der Waals surface area contributed by atoms with Gasteiger partial charge >= 0.3 is 0 Å². The third-order valence-corrected chi connectivity index (χ3v) is 3.66. The van der Waals surface area contributed by atoms with Gasteiger partial charge in [-0.25, -0.2) is 0 Å². The first-order valence-electron chi connectivity index (χ1n) is 7.57. The van der Waals surface area contributed by atoms with Gasteiger partial charge in [0.05, 0.1) is 0 Å². The van der Waals surface area contributed by atoms with E-state index < -0.39 is 0 Å². The maximum atomic E-state index is 3.69. The highest BCUT2D eigenvalue weighted by molar-refractivity contribution is 5.83. The number of rotatable bonds is 7. The van der Waals surface area contributed by atoms with Crippen LogP contribution in [0.25, 0.3) is 10.8 Å². The van der Waals surface area contributed by atoms with E-state index in [0.717, 1.165) is 6.54 Å². The lowest BCUT2D eigenvalue weighted by atomic mass is 9.98. The molecule has 0 spiro atoms. The third kappa shape index (κ3) is 3.81. The highest BCUT2D eigenvalue weighted by atomic mass is 14.9. The van der Waals surface area contributed by atoms with E-state index in [9.17, 15) is 0 Å². The standard InChI is InChI=1S/C18H25N/c1-3-5-10-18(19-13-4-2)17-12-11-15-8-6-7-9-16(15)14-17/h6-9,11-12,14,18-19H,3-5,10,13H2,1-2H3. The van der Waals surface area contributed by atoms with Crippen LogP contribution in [-0.4, -0.2) is 6.54 Å². The van der Waals surface area contributed by atoms with Gasteiger partial charge in [-0.3, -0.25) is 0 Å². The molecule has 2 aromatic carbocycles. The van der Waals surface area contributed by atoms with Crippen LogP contribution < -0.4 is 5.32 Å². The van der Waals surface area contributed by atoms with Crippen LogP contribution >= 0.6 is 0 Å². The Kier molecular flexibility index (Phi) is 5.41. The molecule has 1 atom stereocenters. The van der Waals surface area contributed by atoms with Crippen molar-refractivity contribution < 1.29 is 0 Å². The maximum absolute atomic E-state index is 3.69. The van der Waals surface area contributed by atoms with Gasteiger partial charge in [-0.05, 0) is 41.8 Å². The predicted molar refractivity (Wildman–Crippen MR) is 84.5 cm³/mol. The molecule has 19 heavy (non-hydrogen) atoms. The summed E-state index contributed by atoms with van der Waals surface area (Å²) in [5.41, 5.74) is 1.43. The maximum Gasteiger partial charge on any atom is 0.0320 e. The number of nitrogens with one attached hydrogen (secondary N) is 1. The fourth-order valence-electron chi connectivity index (χ4n) is 2.54. The summed E-state index contributed by atoms with van der Waals surface area (Å²) in [4.78, 5) is 0. The fourth-order valence-corrected chi connectivity index (χ4v) is 2.54. The first kappa shape index (κ1) is 14.1. The monoisotopic (exact) mass is 255 g/mol. The van der Waals surface area contributed by atoms with Crippen molar-refractivity contribution in [3.63, 3.8) is 0 Å². The van der Waals surface area contributed by atoms with Gasteiger partial charge in [-0.15, -0.1) is 0 Å². The van der Waals surface area contributed by atoms with E-state index in [4.69, 9.17) is 0 Å². The minimum atomic E-state index is 0.504. The predicted octanol–water partition coefficient (Wildman–Crippen LogP) is 5.07. The summed E-state index contributed by atoms with van der Waals surface area (Å²) in [5.74, 6) is 0. The average Bonchev–Trinajstić information content (AvgIpc) is 2.47. The Hall–Kier alpha value is -1.34. The summed E-state index contributed by atoms with van der Waals surface area (Å²) in [6.07, 6.45) is 4.97. The zero-order valence-corrected chi connectivity index (χ0v) is 12.2. The van der Waals surface area contributed by atoms with Gasteiger partial charge in [0.25, 0.3) is 0 Å². The first-order valence-corrected chi connectivity index (χ1v) is 7.57. The van der Waals surface area contributed by atoms with E-state index in [1.807, 2.05) is 0 Å². The topological polar surface area (TPSA) is 12.0 Å². The smallest absolute Gasteiger partial charge is 0.0320 e. The lowest BCUT2D eigenvalue weighted by Crippen LogP contribution is -2.22. The van der Waals surface area contributed by atoms with Crippen LogP contribution in [-0.2, 0) is 0 Å². The summed E-state index contributed by atoms with van der Waals surface area (Å²) in [6, 6.07) is 16.0. The second-order valence-electron chi connectivity index (χ2n) is 5.26. The van der Waals surface area contributed by atoms with Crippen molar-refractivity contribution in [2.75, 3.05) is 6.54 Å². The van der Waals surface area contributed by atoms with Crippen molar-refractivity contribution in [3.05, 3.63) is 48.0 Å². The Labute approximate surface area is 117 Å². The fraction of sp³-hybridized carbons (Fsp3) is 0.444. The Morgan fingerprint density at radius 2 is 1.74 bits per heavy atom. The van der Waals surface area contributed by atoms with Crippen molar-refractivity contribution in [1.82, 2.24) is 5.32 Å². The van der Waals surface area contributed by atoms with E-state index in [1.165, 1.54) is 42.0 Å². The molecular weight excluding hydrogens is 230 g/mol. The van der Waals surface area contributed by atoms with Crippen LogP contribution in [0.5, 0.6) is 0 Å². The first-order chi connectivity index (χ1) is 9.35. The molecule has 1 unspecified atom stereocenters. The van der Waals surface area contributed by atoms with Gasteiger partial charge in [0.2, 0.25) is 0 Å². The molecule has 0 aliphatic heterocycles. The van der Waals surface area contributed by atoms with Gasteiger partial charge in [0, 0.05) is 6.04 Å². The third-order valence-electron chi connectivity index (χ3n) is 3.66. The zero-order valence-electron chi connectivity index (χ0n) is 12.2. The zero-order chi connectivity index (χ0) is 13.5. The van der Waals surface area contributed by atoms with Crippen molar-refractivity contribution >= 4 is 10.8 Å². The molecule has 1 heteroatoms. The number of unbranched alkanes of at least 4 members (excludes halogenated alkanes) is 1. The molecule has 1 N–H and O–H groups in total. The minimum Gasteiger partial charge on any atom is -0.310 e. The normalized spacial score (nSPS) is 12.7. The molecule has 0 bridgehead atoms. The SMILES string of the molecule is CCCCC(NCCC)c1ccc2ccccc2c1. The molecule has 1 nitrogen and oxygen atoms in total. The van der Waals surface area contributed by atoms with Gasteiger partial charge in [-0.1, -0.05) is 63.1 Å². The van der Waals surface area contributed by atoms with Crippen LogP contribution in [0, 0.1) is 0 Å². The van der Waals surface area contributed by atoms with Gasteiger partial charge in [-0.2, -0.15) is 0 Å². The van der Waals surface area contributed by atoms with Crippen molar-refractivity contribution in [2.24, 2.45) is 0 Å². The Balaban J connectivity index is 2.21. The van der Waals surface area contributed by atoms with Gasteiger partial charge in [0.15, 0.2) is 0 Å². The Bertz CT molecular complexity index is 496. The molecule has 0 fully saturated rings. The highest BCUT2D eigenvalue weighted by Crippen LogP contribution is 2.24. The molecular formula is C18H25N. The van der Waals surface area contributed by atoms with Crippen molar-refractivity contribution in [1.29, 1.82) is 0 Å². The summed E-state index contributed by atoms with van der Waals surface area (Å²) in [6.45, 7) is 5.59. The number of benzene rings is 2. The van der Waals surface area contributed by atoms with Gasteiger partial charge < -0.3 is 5.32 Å². The molecule has 102 valence electrons. The summed E-state index contributed by atoms with van der Waals surface area (Å²) in [5, 5.41) is 6.36. The quantitative estimate of drug-likeness (QED) is 0.728. The van der Waals surface area contributed by atoms with Crippen LogP contribution in [0.15, 0.2) is 42.5 Å². The van der Waals surface area contributed by atoms with Crippen LogP contribution in [0.3, 0.4) is 0 Å². The average molecular weight is 255 g/mol. The molecule has 0 heterocycles. The Morgan fingerprint density at radius 1 is 0.947 bits per heavy atom. The van der Waals surface area contributed by atoms with Crippen LogP contribution in [0.1, 0.15) is 51.1 Å². The molecule has 2 rings (SSSR count). The lowest BCUT2D eigenvalue weighted by molar-refractivity contribution is 0.482. The van der Waals surface area contributed by atoms with Crippen LogP contribution in [0.2, 0.25) is 0 Å². The van der Waals surface area contributed by atoms with E-state index in [-0.39, 0.29) is 0 Å². The largest absolute Gasteiger partial charge is 0.310 e. The van der Waals surface area contributed by atoms with Crippen molar-refractivity contribution in [3.8, 4) is 0 Å². The summed E-state index contributed by atoms with van der Waals surface area (Å²) in [7, 11) is 0. The molecule has 0 aliphatic carbocycles. The second kappa shape index (κ2) is 7.30. The van der Waals surface area contributed by atoms with Crippen molar-refractivity contribution in [2.45, 2.75) is 45.6 Å². The number of hydrogen-bond acceptors (Lipinski definition) is 1. The number of hydrogen-bond donors (Lipinski definition) is 1. The molecule has 2 aromatic rings. The summed E-state index contributed by atoms with van der Waals surface area (Å²) >= 11 is 0. The van der Waals surface area contributed by atoms with E-state index in [2.05, 4.69) is 61.6 Å². The van der Waals surface area contributed by atoms with E-state index in [1.54, 1.807) is 0 Å². The second-order valence-corrected chi connectivity index (χ2v) is 5.26. The molecule has 0 saturated carbocycles. The van der Waals surface area contributed by atoms with E-state index in [0.29, 0.717) is 6.04 Å². The number of fused-ring (bicyclic) bond motifs is 1. The molecule has 0 amide bonds. The molecule has 0 aliphatic rings. The van der Waals surface area contributed by atoms with Gasteiger partial charge in [0.1, 0.15) is 0 Å². The highest BCUT2D eigenvalue weighted by Gasteiger charge is 2.10.